The van der Waals surface area contributed by atoms with Crippen LogP contribution in [0.1, 0.15) is 38.3 Å². The van der Waals surface area contributed by atoms with Gasteiger partial charge in [-0.1, -0.05) is 6.92 Å². The van der Waals surface area contributed by atoms with Crippen molar-refractivity contribution in [2.75, 3.05) is 13.1 Å². The SMILES string of the molecule is CCCn1cncc1CN1CCC(CC(=O)O)CC1. The Morgan fingerprint density at radius 3 is 2.84 bits per heavy atom. The molecule has 106 valence electrons. The predicted octanol–water partition coefficient (Wildman–Crippen LogP) is 1.98. The topological polar surface area (TPSA) is 58.4 Å². The average molecular weight is 265 g/mol. The molecule has 0 unspecified atom stereocenters. The number of carbonyl (C=O) groups is 1. The first kappa shape index (κ1) is 14.1. The van der Waals surface area contributed by atoms with Crippen molar-refractivity contribution in [2.24, 2.45) is 5.92 Å². The number of aliphatic carboxylic acids is 1. The first-order valence-electron chi connectivity index (χ1n) is 7.12. The number of aromatic nitrogens is 2. The van der Waals surface area contributed by atoms with Crippen molar-refractivity contribution in [2.45, 2.75) is 45.7 Å². The molecule has 2 heterocycles. The van der Waals surface area contributed by atoms with Crippen LogP contribution in [0.25, 0.3) is 0 Å². The summed E-state index contributed by atoms with van der Waals surface area (Å²) in [7, 11) is 0. The van der Waals surface area contributed by atoms with Crippen molar-refractivity contribution >= 4 is 5.97 Å². The maximum atomic E-state index is 10.7. The van der Waals surface area contributed by atoms with Crippen LogP contribution in [0.4, 0.5) is 0 Å². The Labute approximate surface area is 114 Å². The molecule has 0 aliphatic carbocycles. The number of piperidine rings is 1. The third kappa shape index (κ3) is 4.06. The largest absolute Gasteiger partial charge is 0.481 e. The fourth-order valence-electron chi connectivity index (χ4n) is 2.75. The maximum absolute atomic E-state index is 10.7. The van der Waals surface area contributed by atoms with E-state index in [1.807, 2.05) is 12.5 Å². The van der Waals surface area contributed by atoms with Crippen LogP contribution in [0.15, 0.2) is 12.5 Å². The summed E-state index contributed by atoms with van der Waals surface area (Å²) in [6, 6.07) is 0. The van der Waals surface area contributed by atoms with Crippen molar-refractivity contribution in [3.8, 4) is 0 Å². The van der Waals surface area contributed by atoms with Crippen molar-refractivity contribution in [3.63, 3.8) is 0 Å². The summed E-state index contributed by atoms with van der Waals surface area (Å²) < 4.78 is 2.21. The van der Waals surface area contributed by atoms with E-state index in [1.54, 1.807) is 0 Å². The molecule has 1 aromatic rings. The van der Waals surface area contributed by atoms with Gasteiger partial charge in [0, 0.05) is 25.7 Å². The number of nitrogens with zero attached hydrogens (tertiary/aromatic N) is 3. The monoisotopic (exact) mass is 265 g/mol. The predicted molar refractivity (Wildman–Crippen MR) is 72.8 cm³/mol. The minimum absolute atomic E-state index is 0.321. The number of carboxylic acids is 1. The number of carboxylic acid groups (broad SMARTS) is 1. The Bertz CT molecular complexity index is 409. The minimum atomic E-state index is -0.667. The molecule has 0 radical (unpaired) electrons. The van der Waals surface area contributed by atoms with Gasteiger partial charge in [0.1, 0.15) is 0 Å². The second-order valence-electron chi connectivity index (χ2n) is 5.40. The number of hydrogen-bond acceptors (Lipinski definition) is 3. The molecule has 1 N–H and O–H groups in total. The normalized spacial score (nSPS) is 17.7. The van der Waals surface area contributed by atoms with Gasteiger partial charge >= 0.3 is 5.97 Å². The molecule has 1 saturated heterocycles. The first-order valence-corrected chi connectivity index (χ1v) is 7.12. The Hall–Kier alpha value is -1.36. The van der Waals surface area contributed by atoms with Gasteiger partial charge in [0.2, 0.25) is 0 Å². The van der Waals surface area contributed by atoms with Gasteiger partial charge in [-0.2, -0.15) is 0 Å². The quantitative estimate of drug-likeness (QED) is 0.854. The molecule has 1 aromatic heterocycles. The molecule has 1 aliphatic heterocycles. The zero-order valence-electron chi connectivity index (χ0n) is 11.6. The van der Waals surface area contributed by atoms with Gasteiger partial charge < -0.3 is 9.67 Å². The van der Waals surface area contributed by atoms with E-state index >= 15 is 0 Å². The van der Waals surface area contributed by atoms with Crippen LogP contribution in [-0.4, -0.2) is 38.6 Å². The first-order chi connectivity index (χ1) is 9.19. The lowest BCUT2D eigenvalue weighted by atomic mass is 9.93. The second-order valence-corrected chi connectivity index (χ2v) is 5.40. The van der Waals surface area contributed by atoms with Crippen LogP contribution in [0, 0.1) is 5.92 Å². The molecule has 2 rings (SSSR count). The zero-order valence-corrected chi connectivity index (χ0v) is 11.6. The Morgan fingerprint density at radius 2 is 2.21 bits per heavy atom. The smallest absolute Gasteiger partial charge is 0.303 e. The highest BCUT2D eigenvalue weighted by Crippen LogP contribution is 2.21. The molecular weight excluding hydrogens is 242 g/mol. The van der Waals surface area contributed by atoms with Crippen LogP contribution >= 0.6 is 0 Å². The highest BCUT2D eigenvalue weighted by molar-refractivity contribution is 5.67. The molecule has 0 aromatic carbocycles. The summed E-state index contributed by atoms with van der Waals surface area (Å²) in [6.45, 7) is 6.11. The van der Waals surface area contributed by atoms with Crippen molar-refractivity contribution < 1.29 is 9.90 Å². The third-order valence-electron chi connectivity index (χ3n) is 3.82. The standard InChI is InChI=1S/C14H23N3O2/c1-2-5-17-11-15-9-13(17)10-16-6-3-12(4-7-16)8-14(18)19/h9,11-12H,2-8,10H2,1H3,(H,18,19). The fourth-order valence-corrected chi connectivity index (χ4v) is 2.75. The number of rotatable bonds is 6. The lowest BCUT2D eigenvalue weighted by Gasteiger charge is -2.31. The van der Waals surface area contributed by atoms with Crippen LogP contribution in [0.2, 0.25) is 0 Å². The number of aryl methyl sites for hydroxylation is 1. The van der Waals surface area contributed by atoms with Gasteiger partial charge in [-0.25, -0.2) is 4.98 Å². The molecule has 19 heavy (non-hydrogen) atoms. The summed E-state index contributed by atoms with van der Waals surface area (Å²) in [5.74, 6) is -0.311. The molecule has 5 nitrogen and oxygen atoms in total. The number of likely N-dealkylation sites (tertiary alicyclic amines) is 1. The molecule has 0 spiro atoms. The van der Waals surface area contributed by atoms with Gasteiger partial charge in [-0.15, -0.1) is 0 Å². The maximum Gasteiger partial charge on any atom is 0.303 e. The van der Waals surface area contributed by atoms with Gasteiger partial charge in [-0.05, 0) is 38.3 Å². The van der Waals surface area contributed by atoms with Gasteiger partial charge in [0.25, 0.3) is 0 Å². The van der Waals surface area contributed by atoms with Gasteiger partial charge in [0.05, 0.1) is 12.0 Å². The Kier molecular flexibility index (Phi) is 4.96. The van der Waals surface area contributed by atoms with Gasteiger partial charge in [-0.3, -0.25) is 9.69 Å². The second kappa shape index (κ2) is 6.70. The molecule has 1 fully saturated rings. The molecule has 0 atom stereocenters. The lowest BCUT2D eigenvalue weighted by molar-refractivity contribution is -0.138. The summed E-state index contributed by atoms with van der Waals surface area (Å²) in [6.07, 6.45) is 7.27. The van der Waals surface area contributed by atoms with E-state index in [9.17, 15) is 4.79 Å². The van der Waals surface area contributed by atoms with Crippen molar-refractivity contribution in [1.29, 1.82) is 0 Å². The van der Waals surface area contributed by atoms with E-state index in [-0.39, 0.29) is 0 Å². The van der Waals surface area contributed by atoms with E-state index in [0.717, 1.165) is 45.4 Å². The molecular formula is C14H23N3O2. The molecule has 5 heteroatoms. The zero-order chi connectivity index (χ0) is 13.7. The van der Waals surface area contributed by atoms with Crippen molar-refractivity contribution in [1.82, 2.24) is 14.5 Å². The highest BCUT2D eigenvalue weighted by Gasteiger charge is 2.21. The average Bonchev–Trinajstić information content (AvgIpc) is 2.79. The molecule has 0 bridgehead atoms. The summed E-state index contributed by atoms with van der Waals surface area (Å²) in [5.41, 5.74) is 1.26. The summed E-state index contributed by atoms with van der Waals surface area (Å²) in [5, 5.41) is 8.81. The number of hydrogen-bond donors (Lipinski definition) is 1. The van der Waals surface area contributed by atoms with Crippen molar-refractivity contribution in [3.05, 3.63) is 18.2 Å². The van der Waals surface area contributed by atoms with E-state index < -0.39 is 5.97 Å². The molecule has 1 aliphatic rings. The van der Waals surface area contributed by atoms with Gasteiger partial charge in [0.15, 0.2) is 0 Å². The third-order valence-corrected chi connectivity index (χ3v) is 3.82. The highest BCUT2D eigenvalue weighted by atomic mass is 16.4. The number of imidazole rings is 1. The molecule has 0 amide bonds. The van der Waals surface area contributed by atoms with E-state index in [1.165, 1.54) is 5.69 Å². The van der Waals surface area contributed by atoms with Crippen LogP contribution in [0.3, 0.4) is 0 Å². The Morgan fingerprint density at radius 1 is 1.47 bits per heavy atom. The Balaban J connectivity index is 1.82. The lowest BCUT2D eigenvalue weighted by Crippen LogP contribution is -2.34. The summed E-state index contributed by atoms with van der Waals surface area (Å²) >= 11 is 0. The molecule has 0 saturated carbocycles. The fraction of sp³-hybridized carbons (Fsp3) is 0.714. The van der Waals surface area contributed by atoms with Crippen LogP contribution in [0.5, 0.6) is 0 Å². The van der Waals surface area contributed by atoms with Crippen LogP contribution < -0.4 is 0 Å². The van der Waals surface area contributed by atoms with E-state index in [0.29, 0.717) is 12.3 Å². The minimum Gasteiger partial charge on any atom is -0.481 e. The van der Waals surface area contributed by atoms with E-state index in [4.69, 9.17) is 5.11 Å². The van der Waals surface area contributed by atoms with E-state index in [2.05, 4.69) is 21.4 Å². The van der Waals surface area contributed by atoms with Crippen LogP contribution in [-0.2, 0) is 17.9 Å². The summed E-state index contributed by atoms with van der Waals surface area (Å²) in [4.78, 5) is 17.3.